The zero-order valence-corrected chi connectivity index (χ0v) is 17.3. The molecule has 0 radical (unpaired) electrons. The molecule has 0 bridgehead atoms. The summed E-state index contributed by atoms with van der Waals surface area (Å²) in [6.45, 7) is 8.70. The molecule has 2 aromatic rings. The number of ether oxygens (including phenoxy) is 1. The fraction of sp³-hybridized carbons (Fsp3) is 0.450. The molecule has 0 aliphatic carbocycles. The van der Waals surface area contributed by atoms with Crippen molar-refractivity contribution in [2.75, 3.05) is 18.2 Å². The molecule has 0 atom stereocenters. The van der Waals surface area contributed by atoms with Gasteiger partial charge in [0, 0.05) is 18.9 Å². The van der Waals surface area contributed by atoms with Gasteiger partial charge >= 0.3 is 0 Å². The third kappa shape index (κ3) is 5.94. The number of thioether (sulfide) groups is 1. The predicted molar refractivity (Wildman–Crippen MR) is 110 cm³/mol. The highest BCUT2D eigenvalue weighted by molar-refractivity contribution is 7.99. The van der Waals surface area contributed by atoms with Crippen LogP contribution in [0.3, 0.4) is 0 Å². The van der Waals surface area contributed by atoms with Crippen LogP contribution in [0.5, 0.6) is 0 Å². The number of nitrogens with zero attached hydrogens (tertiary/aromatic N) is 1. The lowest BCUT2D eigenvalue weighted by Gasteiger charge is -2.20. The highest BCUT2D eigenvalue weighted by Gasteiger charge is 2.16. The number of amides is 1. The monoisotopic (exact) mass is 389 g/mol. The highest BCUT2D eigenvalue weighted by Crippen LogP contribution is 2.32. The van der Waals surface area contributed by atoms with Gasteiger partial charge in [0.1, 0.15) is 0 Å². The van der Waals surface area contributed by atoms with Crippen LogP contribution >= 0.6 is 11.8 Å². The van der Waals surface area contributed by atoms with Crippen LogP contribution in [0.4, 0.5) is 5.69 Å². The van der Waals surface area contributed by atoms with Gasteiger partial charge in [-0.15, -0.1) is 0 Å². The van der Waals surface area contributed by atoms with E-state index in [9.17, 15) is 9.59 Å². The van der Waals surface area contributed by atoms with Gasteiger partial charge in [-0.3, -0.25) is 9.59 Å². The minimum Gasteiger partial charge on any atom is -0.378 e. The van der Waals surface area contributed by atoms with Gasteiger partial charge in [-0.2, -0.15) is 0 Å². The summed E-state index contributed by atoms with van der Waals surface area (Å²) < 4.78 is 5.01. The van der Waals surface area contributed by atoms with Crippen molar-refractivity contribution < 1.29 is 9.53 Å². The molecule has 27 heavy (non-hydrogen) atoms. The second-order valence-corrected chi connectivity index (χ2v) is 7.90. The fourth-order valence-corrected chi connectivity index (χ4v) is 3.47. The zero-order chi connectivity index (χ0) is 20.0. The van der Waals surface area contributed by atoms with E-state index < -0.39 is 0 Å². The first-order valence-corrected chi connectivity index (χ1v) is 9.95. The molecule has 2 rings (SSSR count). The molecular formula is C20H27N3O3S. The van der Waals surface area contributed by atoms with Crippen LogP contribution in [0.2, 0.25) is 0 Å². The van der Waals surface area contributed by atoms with Gasteiger partial charge in [0.2, 0.25) is 5.91 Å². The van der Waals surface area contributed by atoms with Gasteiger partial charge in [-0.25, -0.2) is 4.98 Å². The molecule has 7 heteroatoms. The summed E-state index contributed by atoms with van der Waals surface area (Å²) in [7, 11) is 1.54. The molecule has 0 unspecified atom stereocenters. The van der Waals surface area contributed by atoms with Crippen LogP contribution < -0.4 is 10.9 Å². The molecular weight excluding hydrogens is 362 g/mol. The number of anilines is 1. The van der Waals surface area contributed by atoms with Crippen LogP contribution in [-0.4, -0.2) is 28.7 Å². The number of rotatable bonds is 8. The van der Waals surface area contributed by atoms with Crippen LogP contribution in [0.25, 0.3) is 0 Å². The Hall–Kier alpha value is -2.12. The van der Waals surface area contributed by atoms with E-state index in [0.717, 1.165) is 16.8 Å². The smallest absolute Gasteiger partial charge is 0.251 e. The van der Waals surface area contributed by atoms with Gasteiger partial charge in [0.15, 0.2) is 5.16 Å². The number of hydrogen-bond donors (Lipinski definition) is 2. The van der Waals surface area contributed by atoms with Crippen LogP contribution in [0, 0.1) is 0 Å². The lowest BCUT2D eigenvalue weighted by atomic mass is 9.92. The molecule has 1 amide bonds. The Morgan fingerprint density at radius 2 is 1.85 bits per heavy atom. The topological polar surface area (TPSA) is 84.1 Å². The first-order chi connectivity index (χ1) is 12.8. The third-order valence-electron chi connectivity index (χ3n) is 4.04. The van der Waals surface area contributed by atoms with Crippen molar-refractivity contribution in [3.8, 4) is 0 Å². The lowest BCUT2D eigenvalue weighted by molar-refractivity contribution is -0.113. The summed E-state index contributed by atoms with van der Waals surface area (Å²) in [5.41, 5.74) is 3.41. The van der Waals surface area contributed by atoms with E-state index in [1.165, 1.54) is 17.8 Å². The number of para-hydroxylation sites is 1. The summed E-state index contributed by atoms with van der Waals surface area (Å²) in [6, 6.07) is 7.52. The predicted octanol–water partition coefficient (Wildman–Crippen LogP) is 3.89. The largest absolute Gasteiger partial charge is 0.378 e. The van der Waals surface area contributed by atoms with Crippen molar-refractivity contribution in [2.45, 2.75) is 51.3 Å². The van der Waals surface area contributed by atoms with Crippen LogP contribution in [0.15, 0.2) is 34.2 Å². The molecule has 0 aliphatic heterocycles. The Morgan fingerprint density at radius 3 is 2.41 bits per heavy atom. The number of aromatic nitrogens is 2. The lowest BCUT2D eigenvalue weighted by Crippen LogP contribution is -2.18. The standard InChI is InChI=1S/C20H27N3O3S/c1-12(2)15-7-6-8-16(13(3)4)19(15)22-18(25)11-27-20-21-14(10-26-5)9-17(24)23-20/h6-9,12-13H,10-11H2,1-5H3,(H,22,25)(H,21,23,24). The van der Waals surface area contributed by atoms with Crippen LogP contribution in [-0.2, 0) is 16.1 Å². The van der Waals surface area contributed by atoms with Crippen molar-refractivity contribution in [1.82, 2.24) is 9.97 Å². The normalized spacial score (nSPS) is 11.2. The molecule has 1 heterocycles. The first kappa shape index (κ1) is 21.2. The molecule has 0 spiro atoms. The quantitative estimate of drug-likeness (QED) is 0.528. The molecule has 0 saturated heterocycles. The van der Waals surface area contributed by atoms with E-state index in [0.29, 0.717) is 22.7 Å². The number of carbonyl (C=O) groups is 1. The Labute approximate surface area is 164 Å². The van der Waals surface area contributed by atoms with Gasteiger partial charge in [0.25, 0.3) is 5.56 Å². The van der Waals surface area contributed by atoms with E-state index in [4.69, 9.17) is 4.74 Å². The summed E-state index contributed by atoms with van der Waals surface area (Å²) in [5.74, 6) is 0.629. The minimum atomic E-state index is -0.257. The number of hydrogen-bond acceptors (Lipinski definition) is 5. The maximum absolute atomic E-state index is 12.6. The number of methoxy groups -OCH3 is 1. The van der Waals surface area contributed by atoms with Gasteiger partial charge in [-0.05, 0) is 23.0 Å². The first-order valence-electron chi connectivity index (χ1n) is 8.96. The van der Waals surface area contributed by atoms with E-state index >= 15 is 0 Å². The van der Waals surface area contributed by atoms with Gasteiger partial charge in [-0.1, -0.05) is 57.7 Å². The molecule has 1 aromatic heterocycles. The van der Waals surface area contributed by atoms with E-state index in [-0.39, 0.29) is 23.8 Å². The van der Waals surface area contributed by atoms with Crippen LogP contribution in [0.1, 0.15) is 56.4 Å². The number of carbonyl (C=O) groups excluding carboxylic acids is 1. The Morgan fingerprint density at radius 1 is 1.22 bits per heavy atom. The van der Waals surface area contributed by atoms with Crippen molar-refractivity contribution in [2.24, 2.45) is 0 Å². The van der Waals surface area contributed by atoms with E-state index in [1.807, 2.05) is 18.2 Å². The summed E-state index contributed by atoms with van der Waals surface area (Å²) in [4.78, 5) is 31.2. The Kier molecular flexibility index (Phi) is 7.62. The van der Waals surface area contributed by atoms with Gasteiger partial charge in [0.05, 0.1) is 18.1 Å². The maximum atomic E-state index is 12.6. The second-order valence-electron chi connectivity index (χ2n) is 6.93. The van der Waals surface area contributed by atoms with Crippen molar-refractivity contribution in [3.63, 3.8) is 0 Å². The van der Waals surface area contributed by atoms with Crippen molar-refractivity contribution >= 4 is 23.4 Å². The Balaban J connectivity index is 2.14. The van der Waals surface area contributed by atoms with Crippen molar-refractivity contribution in [3.05, 3.63) is 51.4 Å². The summed E-state index contributed by atoms with van der Waals surface area (Å²) in [5, 5.41) is 3.47. The fourth-order valence-electron chi connectivity index (χ4n) is 2.78. The molecule has 1 aromatic carbocycles. The molecule has 6 nitrogen and oxygen atoms in total. The average molecular weight is 390 g/mol. The molecule has 0 saturated carbocycles. The third-order valence-corrected chi connectivity index (χ3v) is 4.92. The van der Waals surface area contributed by atoms with Crippen molar-refractivity contribution in [1.29, 1.82) is 0 Å². The second kappa shape index (κ2) is 9.71. The molecule has 0 aliphatic rings. The maximum Gasteiger partial charge on any atom is 0.251 e. The van der Waals surface area contributed by atoms with E-state index in [1.54, 1.807) is 7.11 Å². The number of H-pyrrole nitrogens is 1. The molecule has 146 valence electrons. The number of nitrogens with one attached hydrogen (secondary N) is 2. The highest BCUT2D eigenvalue weighted by atomic mass is 32.2. The zero-order valence-electron chi connectivity index (χ0n) is 16.5. The summed E-state index contributed by atoms with van der Waals surface area (Å²) >= 11 is 1.20. The number of aromatic amines is 1. The SMILES string of the molecule is COCc1cc(=O)[nH]c(SCC(=O)Nc2c(C(C)C)cccc2C(C)C)n1. The molecule has 2 N–H and O–H groups in total. The summed E-state index contributed by atoms with van der Waals surface area (Å²) in [6.07, 6.45) is 0. The Bertz CT molecular complexity index is 820. The van der Waals surface area contributed by atoms with Gasteiger partial charge < -0.3 is 15.0 Å². The molecule has 0 fully saturated rings. The average Bonchev–Trinajstić information content (AvgIpc) is 2.59. The minimum absolute atomic E-state index is 0.130. The number of benzene rings is 1. The van der Waals surface area contributed by atoms with E-state index in [2.05, 4.69) is 43.0 Å².